The lowest BCUT2D eigenvalue weighted by atomic mass is 10.1. The molecule has 6 N–H and O–H groups in total. The van der Waals surface area contributed by atoms with Crippen molar-refractivity contribution in [3.8, 4) is 11.3 Å². The Labute approximate surface area is 205 Å². The van der Waals surface area contributed by atoms with Gasteiger partial charge in [0.25, 0.3) is 5.91 Å². The molecule has 35 heavy (non-hydrogen) atoms. The van der Waals surface area contributed by atoms with Crippen LogP contribution in [-0.4, -0.2) is 87.3 Å². The van der Waals surface area contributed by atoms with E-state index in [0.717, 1.165) is 0 Å². The fraction of sp³-hybridized carbons (Fsp3) is 0.435. The van der Waals surface area contributed by atoms with E-state index in [1.807, 2.05) is 0 Å². The summed E-state index contributed by atoms with van der Waals surface area (Å²) in [7, 11) is 0. The molecule has 11 nitrogen and oxygen atoms in total. The van der Waals surface area contributed by atoms with Crippen molar-refractivity contribution in [2.45, 2.75) is 24.7 Å². The van der Waals surface area contributed by atoms with Gasteiger partial charge in [-0.15, -0.1) is 0 Å². The van der Waals surface area contributed by atoms with Crippen LogP contribution in [0.15, 0.2) is 28.7 Å². The minimum atomic E-state index is -1.13. The van der Waals surface area contributed by atoms with E-state index in [9.17, 15) is 20.1 Å². The van der Waals surface area contributed by atoms with Crippen LogP contribution in [0, 0.1) is 5.92 Å². The van der Waals surface area contributed by atoms with Crippen LogP contribution >= 0.6 is 11.6 Å². The highest BCUT2D eigenvalue weighted by Gasteiger charge is 2.41. The Balaban J connectivity index is 1.48. The number of furan rings is 1. The Hall–Kier alpha value is -2.96. The van der Waals surface area contributed by atoms with E-state index >= 15 is 0 Å². The standard InChI is InChI=1S/C23H26ClN5O6/c24-20-17(21(28-23(25)27-20)26-14-8-13(10-30)18(31)19(14)32)16-9-12-7-11(1-2-15(12)35-16)22(33)29-3-5-34-6-4-29/h1-2,7,9,13-14,18-19,30-32H,3-6,8,10H2,(H3,25,26,27,28)/t13-,14-,18-,19+/m1/s1. The fourth-order valence-corrected chi connectivity index (χ4v) is 4.91. The van der Waals surface area contributed by atoms with Gasteiger partial charge in [0.1, 0.15) is 28.4 Å². The smallest absolute Gasteiger partial charge is 0.254 e. The molecule has 12 heteroatoms. The van der Waals surface area contributed by atoms with Gasteiger partial charge in [0.15, 0.2) is 0 Å². The van der Waals surface area contributed by atoms with Gasteiger partial charge in [-0.1, -0.05) is 11.6 Å². The Bertz CT molecular complexity index is 1250. The number of rotatable bonds is 5. The largest absolute Gasteiger partial charge is 0.456 e. The molecule has 0 bridgehead atoms. The third kappa shape index (κ3) is 4.53. The van der Waals surface area contributed by atoms with Crippen molar-refractivity contribution in [2.24, 2.45) is 5.92 Å². The number of nitrogens with zero attached hydrogens (tertiary/aromatic N) is 3. The maximum absolute atomic E-state index is 12.9. The molecule has 0 radical (unpaired) electrons. The molecule has 2 aromatic heterocycles. The number of halogens is 1. The number of carbonyl (C=O) groups is 1. The van der Waals surface area contributed by atoms with Gasteiger partial charge in [-0.3, -0.25) is 4.79 Å². The highest BCUT2D eigenvalue weighted by molar-refractivity contribution is 6.32. The number of aromatic nitrogens is 2. The Morgan fingerprint density at radius 2 is 1.97 bits per heavy atom. The first-order chi connectivity index (χ1) is 16.9. The van der Waals surface area contributed by atoms with Gasteiger partial charge in [0.2, 0.25) is 5.95 Å². The zero-order valence-corrected chi connectivity index (χ0v) is 19.5. The minimum Gasteiger partial charge on any atom is -0.456 e. The van der Waals surface area contributed by atoms with E-state index in [1.165, 1.54) is 0 Å². The van der Waals surface area contributed by atoms with Crippen LogP contribution < -0.4 is 11.1 Å². The lowest BCUT2D eigenvalue weighted by Gasteiger charge is -2.26. The first-order valence-corrected chi connectivity index (χ1v) is 11.7. The predicted octanol–water partition coefficient (Wildman–Crippen LogP) is 1.11. The van der Waals surface area contributed by atoms with E-state index in [4.69, 9.17) is 26.5 Å². The summed E-state index contributed by atoms with van der Waals surface area (Å²) < 4.78 is 11.3. The monoisotopic (exact) mass is 503 g/mol. The van der Waals surface area contributed by atoms with Crippen LogP contribution in [0.4, 0.5) is 11.8 Å². The molecular weight excluding hydrogens is 478 g/mol. The SMILES string of the molecule is Nc1nc(Cl)c(-c2cc3cc(C(=O)N4CCOCC4)ccc3o2)c(N[C@@H]2C[C@H](CO)[C@@H](O)[C@H]2O)n1. The molecular formula is C23H26ClN5O6. The van der Waals surface area contributed by atoms with E-state index in [2.05, 4.69) is 15.3 Å². The number of benzene rings is 1. The van der Waals surface area contributed by atoms with Crippen LogP contribution in [0.25, 0.3) is 22.3 Å². The number of ether oxygens (including phenoxy) is 1. The van der Waals surface area contributed by atoms with Gasteiger partial charge in [-0.25, -0.2) is 4.98 Å². The second-order valence-corrected chi connectivity index (χ2v) is 9.13. The van der Waals surface area contributed by atoms with Crippen molar-refractivity contribution in [1.29, 1.82) is 0 Å². The summed E-state index contributed by atoms with van der Waals surface area (Å²) in [5.41, 5.74) is 7.21. The van der Waals surface area contributed by atoms with Crippen molar-refractivity contribution in [2.75, 3.05) is 44.0 Å². The number of aliphatic hydroxyl groups is 3. The molecule has 3 aromatic rings. The van der Waals surface area contributed by atoms with Gasteiger partial charge in [0, 0.05) is 36.6 Å². The second-order valence-electron chi connectivity index (χ2n) is 8.77. The summed E-state index contributed by atoms with van der Waals surface area (Å²) in [6.45, 7) is 1.85. The molecule has 4 atom stereocenters. The van der Waals surface area contributed by atoms with E-state index in [-0.39, 0.29) is 29.4 Å². The Kier molecular flexibility index (Phi) is 6.51. The molecule has 186 valence electrons. The molecule has 1 aromatic carbocycles. The highest BCUT2D eigenvalue weighted by atomic mass is 35.5. The fourth-order valence-electron chi connectivity index (χ4n) is 4.65. The summed E-state index contributed by atoms with van der Waals surface area (Å²) in [5.74, 6) is -0.0747. The lowest BCUT2D eigenvalue weighted by molar-refractivity contribution is 0.00446. The molecule has 1 amide bonds. The highest BCUT2D eigenvalue weighted by Crippen LogP contribution is 2.39. The summed E-state index contributed by atoms with van der Waals surface area (Å²) in [4.78, 5) is 22.9. The number of morpholine rings is 1. The maximum Gasteiger partial charge on any atom is 0.254 e. The zero-order chi connectivity index (χ0) is 24.7. The quantitative estimate of drug-likeness (QED) is 0.318. The number of hydrogen-bond acceptors (Lipinski definition) is 10. The number of fused-ring (bicyclic) bond motifs is 1. The van der Waals surface area contributed by atoms with E-state index < -0.39 is 24.2 Å². The third-order valence-electron chi connectivity index (χ3n) is 6.55. The second kappa shape index (κ2) is 9.59. The molecule has 1 aliphatic carbocycles. The number of nitrogen functional groups attached to an aromatic ring is 1. The number of nitrogens with two attached hydrogens (primary N) is 1. The predicted molar refractivity (Wildman–Crippen MR) is 128 cm³/mol. The average Bonchev–Trinajstić information content (AvgIpc) is 3.39. The molecule has 2 fully saturated rings. The molecule has 5 rings (SSSR count). The van der Waals surface area contributed by atoms with Crippen LogP contribution in [0.2, 0.25) is 5.15 Å². The summed E-state index contributed by atoms with van der Waals surface area (Å²) >= 11 is 6.43. The lowest BCUT2D eigenvalue weighted by Crippen LogP contribution is -2.40. The van der Waals surface area contributed by atoms with Crippen molar-refractivity contribution >= 4 is 40.2 Å². The molecule has 1 saturated carbocycles. The molecule has 3 heterocycles. The molecule has 1 aliphatic heterocycles. The summed E-state index contributed by atoms with van der Waals surface area (Å²) in [6, 6.07) is 6.30. The topological polar surface area (TPSA) is 167 Å². The minimum absolute atomic E-state index is 0.0374. The number of hydrogen-bond donors (Lipinski definition) is 5. The first-order valence-electron chi connectivity index (χ1n) is 11.3. The van der Waals surface area contributed by atoms with Gasteiger partial charge in [-0.05, 0) is 30.7 Å². The average molecular weight is 504 g/mol. The number of carbonyl (C=O) groups excluding carboxylic acids is 1. The number of anilines is 2. The molecule has 0 unspecified atom stereocenters. The summed E-state index contributed by atoms with van der Waals surface area (Å²) in [5, 5.41) is 33.9. The first kappa shape index (κ1) is 23.8. The van der Waals surface area contributed by atoms with Gasteiger partial charge >= 0.3 is 0 Å². The normalized spacial score (nSPS) is 24.7. The molecule has 2 aliphatic rings. The van der Waals surface area contributed by atoms with Gasteiger partial charge in [-0.2, -0.15) is 4.98 Å². The van der Waals surface area contributed by atoms with Crippen molar-refractivity contribution in [1.82, 2.24) is 14.9 Å². The van der Waals surface area contributed by atoms with E-state index in [1.54, 1.807) is 29.2 Å². The van der Waals surface area contributed by atoms with Gasteiger partial charge < -0.3 is 40.4 Å². The molecule has 1 saturated heterocycles. The van der Waals surface area contributed by atoms with Crippen LogP contribution in [0.3, 0.4) is 0 Å². The number of aliphatic hydroxyl groups excluding tert-OH is 3. The number of nitrogens with one attached hydrogen (secondary N) is 1. The Morgan fingerprint density at radius 3 is 2.69 bits per heavy atom. The van der Waals surface area contributed by atoms with Crippen LogP contribution in [-0.2, 0) is 4.74 Å². The van der Waals surface area contributed by atoms with Crippen molar-refractivity contribution < 1.29 is 29.3 Å². The van der Waals surface area contributed by atoms with E-state index in [0.29, 0.717) is 60.6 Å². The molecule has 0 spiro atoms. The van der Waals surface area contributed by atoms with Crippen molar-refractivity contribution in [3.63, 3.8) is 0 Å². The third-order valence-corrected chi connectivity index (χ3v) is 6.82. The number of amides is 1. The van der Waals surface area contributed by atoms with Crippen molar-refractivity contribution in [3.05, 3.63) is 35.0 Å². The summed E-state index contributed by atoms with van der Waals surface area (Å²) in [6.07, 6.45) is -1.89. The van der Waals surface area contributed by atoms with Crippen LogP contribution in [0.5, 0.6) is 0 Å². The van der Waals surface area contributed by atoms with Gasteiger partial charge in [0.05, 0.1) is 30.9 Å². The van der Waals surface area contributed by atoms with Crippen LogP contribution in [0.1, 0.15) is 16.8 Å². The maximum atomic E-state index is 12.9. The Morgan fingerprint density at radius 1 is 1.20 bits per heavy atom. The zero-order valence-electron chi connectivity index (χ0n) is 18.7.